The highest BCUT2D eigenvalue weighted by molar-refractivity contribution is 6.09. The Bertz CT molecular complexity index is 789. The molecule has 0 aromatic heterocycles. The van der Waals surface area contributed by atoms with Crippen LogP contribution >= 0.6 is 0 Å². The molecule has 0 radical (unpaired) electrons. The van der Waals surface area contributed by atoms with Gasteiger partial charge in [-0.15, -0.1) is 0 Å². The fourth-order valence-electron chi connectivity index (χ4n) is 4.42. The monoisotopic (exact) mass is 399 g/mol. The van der Waals surface area contributed by atoms with Gasteiger partial charge in [0, 0.05) is 6.04 Å². The molecule has 29 heavy (non-hydrogen) atoms. The van der Waals surface area contributed by atoms with Crippen molar-refractivity contribution in [2.75, 3.05) is 6.54 Å². The molecule has 2 N–H and O–H groups in total. The number of urea groups is 1. The number of amides is 4. The average molecular weight is 400 g/mol. The van der Waals surface area contributed by atoms with Gasteiger partial charge in [-0.05, 0) is 42.2 Å². The Morgan fingerprint density at radius 1 is 1.21 bits per heavy atom. The Hall–Kier alpha value is -2.37. The summed E-state index contributed by atoms with van der Waals surface area (Å²) in [4.78, 5) is 39.2. The first-order chi connectivity index (χ1) is 13.6. The molecule has 0 bridgehead atoms. The largest absolute Gasteiger partial charge is 0.352 e. The molecule has 1 aromatic rings. The highest BCUT2D eigenvalue weighted by Crippen LogP contribution is 2.31. The first-order valence-electron chi connectivity index (χ1n) is 10.7. The lowest BCUT2D eigenvalue weighted by atomic mass is 9.78. The minimum atomic E-state index is -1.15. The number of rotatable bonds is 5. The van der Waals surface area contributed by atoms with E-state index < -0.39 is 11.6 Å². The molecule has 6 nitrogen and oxygen atoms in total. The molecule has 1 saturated carbocycles. The molecule has 1 aliphatic carbocycles. The zero-order valence-corrected chi connectivity index (χ0v) is 18.1. The van der Waals surface area contributed by atoms with Crippen LogP contribution in [0.25, 0.3) is 0 Å². The van der Waals surface area contributed by atoms with Crippen molar-refractivity contribution >= 4 is 17.8 Å². The van der Waals surface area contributed by atoms with Crippen molar-refractivity contribution in [1.82, 2.24) is 15.5 Å². The van der Waals surface area contributed by atoms with Crippen LogP contribution in [0.4, 0.5) is 4.79 Å². The molecule has 4 atom stereocenters. The standard InChI is InChI=1S/C23H33N3O3/c1-14(2)17-9-11-18(12-10-17)23(5)21(28)26(22(29)25-23)13-20(27)24-19-8-6-7-15(3)16(19)4/h9-12,14-16,19H,6-8,13H2,1-5H3,(H,24,27)(H,25,29)/t15-,16+,19+,23+/m0/s1. The molecular weight excluding hydrogens is 366 g/mol. The van der Waals surface area contributed by atoms with Crippen LogP contribution in [0.5, 0.6) is 0 Å². The van der Waals surface area contributed by atoms with Crippen LogP contribution in [0.15, 0.2) is 24.3 Å². The summed E-state index contributed by atoms with van der Waals surface area (Å²) in [5.74, 6) is 0.665. The van der Waals surface area contributed by atoms with Crippen molar-refractivity contribution in [3.05, 3.63) is 35.4 Å². The van der Waals surface area contributed by atoms with Gasteiger partial charge in [0.25, 0.3) is 5.91 Å². The Morgan fingerprint density at radius 2 is 1.86 bits per heavy atom. The molecule has 3 rings (SSSR count). The third kappa shape index (κ3) is 4.16. The minimum Gasteiger partial charge on any atom is -0.352 e. The van der Waals surface area contributed by atoms with E-state index in [0.717, 1.165) is 23.3 Å². The lowest BCUT2D eigenvalue weighted by molar-refractivity contribution is -0.135. The number of hydrogen-bond donors (Lipinski definition) is 2. The van der Waals surface area contributed by atoms with E-state index in [1.54, 1.807) is 6.92 Å². The van der Waals surface area contributed by atoms with Crippen molar-refractivity contribution in [1.29, 1.82) is 0 Å². The van der Waals surface area contributed by atoms with E-state index in [2.05, 4.69) is 38.3 Å². The number of benzene rings is 1. The fraction of sp³-hybridized carbons (Fsp3) is 0.609. The predicted molar refractivity (Wildman–Crippen MR) is 112 cm³/mol. The van der Waals surface area contributed by atoms with E-state index in [1.807, 2.05) is 24.3 Å². The van der Waals surface area contributed by atoms with Crippen molar-refractivity contribution in [2.45, 2.75) is 71.4 Å². The van der Waals surface area contributed by atoms with E-state index in [9.17, 15) is 14.4 Å². The average Bonchev–Trinajstić information content (AvgIpc) is 2.89. The summed E-state index contributed by atoms with van der Waals surface area (Å²) in [5.41, 5.74) is 0.735. The molecule has 1 saturated heterocycles. The molecule has 4 amide bonds. The fourth-order valence-corrected chi connectivity index (χ4v) is 4.42. The summed E-state index contributed by atoms with van der Waals surface area (Å²) < 4.78 is 0. The normalized spacial score (nSPS) is 29.9. The number of imide groups is 1. The second-order valence-corrected chi connectivity index (χ2v) is 9.16. The van der Waals surface area contributed by atoms with Crippen LogP contribution in [0, 0.1) is 11.8 Å². The van der Waals surface area contributed by atoms with Gasteiger partial charge in [0.15, 0.2) is 0 Å². The molecule has 158 valence electrons. The molecule has 6 heteroatoms. The van der Waals surface area contributed by atoms with Crippen molar-refractivity contribution in [3.8, 4) is 0 Å². The van der Waals surface area contributed by atoms with Gasteiger partial charge in [0.1, 0.15) is 12.1 Å². The van der Waals surface area contributed by atoms with Gasteiger partial charge < -0.3 is 10.6 Å². The summed E-state index contributed by atoms with van der Waals surface area (Å²) >= 11 is 0. The van der Waals surface area contributed by atoms with Gasteiger partial charge in [-0.25, -0.2) is 4.79 Å². The van der Waals surface area contributed by atoms with Crippen LogP contribution in [0.2, 0.25) is 0 Å². The topological polar surface area (TPSA) is 78.5 Å². The lowest BCUT2D eigenvalue weighted by Crippen LogP contribution is -2.48. The van der Waals surface area contributed by atoms with Gasteiger partial charge in [0.2, 0.25) is 5.91 Å². The van der Waals surface area contributed by atoms with E-state index in [0.29, 0.717) is 17.8 Å². The van der Waals surface area contributed by atoms with Crippen LogP contribution in [0.3, 0.4) is 0 Å². The summed E-state index contributed by atoms with van der Waals surface area (Å²) in [6.07, 6.45) is 3.20. The molecule has 2 aliphatic rings. The molecule has 2 fully saturated rings. The Morgan fingerprint density at radius 3 is 2.48 bits per heavy atom. The van der Waals surface area contributed by atoms with Crippen LogP contribution in [0.1, 0.15) is 70.9 Å². The number of carbonyl (C=O) groups is 3. The maximum Gasteiger partial charge on any atom is 0.325 e. The summed E-state index contributed by atoms with van der Waals surface area (Å²) in [7, 11) is 0. The second kappa shape index (κ2) is 8.17. The van der Waals surface area contributed by atoms with E-state index in [4.69, 9.17) is 0 Å². The maximum atomic E-state index is 13.1. The van der Waals surface area contributed by atoms with E-state index >= 15 is 0 Å². The van der Waals surface area contributed by atoms with Crippen LogP contribution in [-0.2, 0) is 15.1 Å². The first-order valence-corrected chi connectivity index (χ1v) is 10.7. The second-order valence-electron chi connectivity index (χ2n) is 9.16. The van der Waals surface area contributed by atoms with Gasteiger partial charge in [-0.1, -0.05) is 64.8 Å². The van der Waals surface area contributed by atoms with Crippen LogP contribution < -0.4 is 10.6 Å². The summed E-state index contributed by atoms with van der Waals surface area (Å²) in [6.45, 7) is 10.0. The van der Waals surface area contributed by atoms with Crippen LogP contribution in [-0.4, -0.2) is 35.3 Å². The lowest BCUT2D eigenvalue weighted by Gasteiger charge is -2.34. The zero-order chi connectivity index (χ0) is 21.3. The third-order valence-electron chi connectivity index (χ3n) is 6.78. The van der Waals surface area contributed by atoms with Gasteiger partial charge in [0.05, 0.1) is 0 Å². The summed E-state index contributed by atoms with van der Waals surface area (Å²) in [5, 5.41) is 5.82. The quantitative estimate of drug-likeness (QED) is 0.744. The van der Waals surface area contributed by atoms with Gasteiger partial charge in [-0.2, -0.15) is 0 Å². The molecule has 1 aliphatic heterocycles. The Balaban J connectivity index is 1.69. The number of nitrogens with zero attached hydrogens (tertiary/aromatic N) is 1. The molecule has 1 aromatic carbocycles. The number of hydrogen-bond acceptors (Lipinski definition) is 3. The smallest absolute Gasteiger partial charge is 0.325 e. The highest BCUT2D eigenvalue weighted by atomic mass is 16.2. The molecule has 0 unspecified atom stereocenters. The SMILES string of the molecule is CC(C)c1ccc([C@@]2(C)NC(=O)N(CC(=O)N[C@@H]3CCC[C@H](C)[C@H]3C)C2=O)cc1. The zero-order valence-electron chi connectivity index (χ0n) is 18.1. The Labute approximate surface area is 173 Å². The number of nitrogens with one attached hydrogen (secondary N) is 2. The van der Waals surface area contributed by atoms with Gasteiger partial charge >= 0.3 is 6.03 Å². The number of carbonyl (C=O) groups excluding carboxylic acids is 3. The van der Waals surface area contributed by atoms with Gasteiger partial charge in [-0.3, -0.25) is 14.5 Å². The van der Waals surface area contributed by atoms with Crippen molar-refractivity contribution < 1.29 is 14.4 Å². The molecular formula is C23H33N3O3. The van der Waals surface area contributed by atoms with Crippen molar-refractivity contribution in [3.63, 3.8) is 0 Å². The first kappa shape index (κ1) is 21.3. The van der Waals surface area contributed by atoms with E-state index in [-0.39, 0.29) is 24.4 Å². The molecule has 1 heterocycles. The summed E-state index contributed by atoms with van der Waals surface area (Å²) in [6, 6.07) is 7.29. The minimum absolute atomic E-state index is 0.0991. The predicted octanol–water partition coefficient (Wildman–Crippen LogP) is 3.52. The molecule has 0 spiro atoms. The van der Waals surface area contributed by atoms with E-state index in [1.165, 1.54) is 12.0 Å². The third-order valence-corrected chi connectivity index (χ3v) is 6.78. The maximum absolute atomic E-state index is 13.1. The highest BCUT2D eigenvalue weighted by Gasteiger charge is 2.49. The Kier molecular flexibility index (Phi) is 6.01. The van der Waals surface area contributed by atoms with Crippen molar-refractivity contribution in [2.24, 2.45) is 11.8 Å².